The highest BCUT2D eigenvalue weighted by molar-refractivity contribution is 6.31. The summed E-state index contributed by atoms with van der Waals surface area (Å²) in [5, 5.41) is 4.71. The lowest BCUT2D eigenvalue weighted by molar-refractivity contribution is 0.0677. The second-order valence-electron chi connectivity index (χ2n) is 6.48. The van der Waals surface area contributed by atoms with E-state index in [1.807, 2.05) is 6.92 Å². The van der Waals surface area contributed by atoms with Gasteiger partial charge in [0.2, 0.25) is 0 Å². The van der Waals surface area contributed by atoms with Crippen molar-refractivity contribution in [3.8, 4) is 0 Å². The van der Waals surface area contributed by atoms with Gasteiger partial charge in [-0.3, -0.25) is 14.0 Å². The maximum Gasteiger partial charge on any atom is 0.420 e. The number of halogens is 1. The Morgan fingerprint density at radius 2 is 2.27 bits per heavy atom. The van der Waals surface area contributed by atoms with Crippen molar-refractivity contribution in [2.24, 2.45) is 0 Å². The van der Waals surface area contributed by atoms with Gasteiger partial charge in [-0.1, -0.05) is 11.6 Å². The standard InChI is InChI=1S/C18H19ClN4O3/c1-2-22-10-12(9-20-22)17(24)21-7-3-4-14(11-21)23-15-8-13(19)5-6-16(15)26-18(23)25/h5-6,8-10,14H,2-4,7,11H2,1H3/t14-/m0/s1. The number of carbonyl (C=O) groups is 1. The largest absolute Gasteiger partial charge is 0.420 e. The average Bonchev–Trinajstić information content (AvgIpc) is 3.24. The van der Waals surface area contributed by atoms with Gasteiger partial charge in [0.1, 0.15) is 0 Å². The van der Waals surface area contributed by atoms with Gasteiger partial charge >= 0.3 is 5.76 Å². The number of oxazole rings is 1. The lowest BCUT2D eigenvalue weighted by Gasteiger charge is -2.32. The molecule has 3 heterocycles. The lowest BCUT2D eigenvalue weighted by atomic mass is 10.0. The molecule has 4 rings (SSSR count). The molecule has 0 bridgehead atoms. The first-order valence-corrected chi connectivity index (χ1v) is 9.07. The van der Waals surface area contributed by atoms with Crippen LogP contribution in [0.15, 0.2) is 39.8 Å². The van der Waals surface area contributed by atoms with E-state index >= 15 is 0 Å². The Balaban J connectivity index is 1.63. The first-order chi connectivity index (χ1) is 12.6. The smallest absolute Gasteiger partial charge is 0.408 e. The quantitative estimate of drug-likeness (QED) is 0.706. The van der Waals surface area contributed by atoms with Crippen LogP contribution in [0.4, 0.5) is 0 Å². The molecule has 1 amide bonds. The molecule has 1 atom stereocenters. The highest BCUT2D eigenvalue weighted by Gasteiger charge is 2.28. The van der Waals surface area contributed by atoms with Crippen LogP contribution in [0, 0.1) is 0 Å². The average molecular weight is 375 g/mol. The molecule has 0 unspecified atom stereocenters. The summed E-state index contributed by atoms with van der Waals surface area (Å²) in [5.41, 5.74) is 1.74. The molecular weight excluding hydrogens is 356 g/mol. The predicted octanol–water partition coefficient (Wildman–Crippen LogP) is 2.94. The normalized spacial score (nSPS) is 17.8. The van der Waals surface area contributed by atoms with E-state index in [4.69, 9.17) is 16.0 Å². The Morgan fingerprint density at radius 3 is 3.04 bits per heavy atom. The Hall–Kier alpha value is -2.54. The molecule has 136 valence electrons. The van der Waals surface area contributed by atoms with Crippen molar-refractivity contribution in [3.63, 3.8) is 0 Å². The summed E-state index contributed by atoms with van der Waals surface area (Å²) in [5.74, 6) is -0.478. The Kier molecular flexibility index (Phi) is 4.32. The van der Waals surface area contributed by atoms with Crippen LogP contribution in [-0.2, 0) is 6.54 Å². The van der Waals surface area contributed by atoms with E-state index in [1.54, 1.807) is 44.7 Å². The number of carbonyl (C=O) groups excluding carboxylic acids is 1. The van der Waals surface area contributed by atoms with Crippen LogP contribution in [-0.4, -0.2) is 38.2 Å². The van der Waals surface area contributed by atoms with Crippen molar-refractivity contribution in [2.75, 3.05) is 13.1 Å². The molecule has 1 aliphatic heterocycles. The maximum atomic E-state index is 12.8. The molecule has 1 aromatic carbocycles. The van der Waals surface area contributed by atoms with Crippen LogP contribution in [0.25, 0.3) is 11.1 Å². The van der Waals surface area contributed by atoms with Crippen LogP contribution < -0.4 is 5.76 Å². The van der Waals surface area contributed by atoms with Gasteiger partial charge in [-0.2, -0.15) is 5.10 Å². The van der Waals surface area contributed by atoms with Crippen molar-refractivity contribution < 1.29 is 9.21 Å². The molecular formula is C18H19ClN4O3. The number of aryl methyl sites for hydroxylation is 1. The van der Waals surface area contributed by atoms with Gasteiger partial charge in [0.25, 0.3) is 5.91 Å². The van der Waals surface area contributed by atoms with Crippen molar-refractivity contribution >= 4 is 28.6 Å². The molecule has 1 saturated heterocycles. The number of fused-ring (bicyclic) bond motifs is 1. The van der Waals surface area contributed by atoms with Crippen molar-refractivity contribution in [2.45, 2.75) is 32.4 Å². The SMILES string of the molecule is CCn1cc(C(=O)N2CCC[C@H](n3c(=O)oc4ccc(Cl)cc43)C2)cn1. The Bertz CT molecular complexity index is 1020. The second-order valence-corrected chi connectivity index (χ2v) is 6.92. The molecule has 0 aliphatic carbocycles. The van der Waals surface area contributed by atoms with Crippen molar-refractivity contribution in [3.05, 3.63) is 51.7 Å². The molecule has 1 aliphatic rings. The van der Waals surface area contributed by atoms with Crippen LogP contribution in [0.2, 0.25) is 5.02 Å². The molecule has 2 aromatic heterocycles. The predicted molar refractivity (Wildman–Crippen MR) is 97.6 cm³/mol. The minimum atomic E-state index is -0.416. The fraction of sp³-hybridized carbons (Fsp3) is 0.389. The summed E-state index contributed by atoms with van der Waals surface area (Å²) in [7, 11) is 0. The van der Waals surface area contributed by atoms with Gasteiger partial charge in [-0.05, 0) is 38.0 Å². The molecule has 8 heteroatoms. The molecule has 1 fully saturated rings. The van der Waals surface area contributed by atoms with E-state index in [2.05, 4.69) is 5.10 Å². The van der Waals surface area contributed by atoms with Gasteiger partial charge in [-0.15, -0.1) is 0 Å². The number of rotatable bonds is 3. The first kappa shape index (κ1) is 16.9. The number of piperidine rings is 1. The van der Waals surface area contributed by atoms with E-state index in [1.165, 1.54) is 0 Å². The number of nitrogens with zero attached hydrogens (tertiary/aromatic N) is 4. The first-order valence-electron chi connectivity index (χ1n) is 8.69. The topological polar surface area (TPSA) is 73.3 Å². The zero-order chi connectivity index (χ0) is 18.3. The van der Waals surface area contributed by atoms with E-state index in [0.29, 0.717) is 41.3 Å². The van der Waals surface area contributed by atoms with Gasteiger partial charge < -0.3 is 9.32 Å². The molecule has 26 heavy (non-hydrogen) atoms. The van der Waals surface area contributed by atoms with Crippen LogP contribution in [0.5, 0.6) is 0 Å². The summed E-state index contributed by atoms with van der Waals surface area (Å²) >= 11 is 6.08. The zero-order valence-electron chi connectivity index (χ0n) is 14.4. The van der Waals surface area contributed by atoms with Crippen LogP contribution >= 0.6 is 11.6 Å². The highest BCUT2D eigenvalue weighted by atomic mass is 35.5. The van der Waals surface area contributed by atoms with E-state index in [-0.39, 0.29) is 11.9 Å². The molecule has 0 saturated carbocycles. The molecule has 0 spiro atoms. The third-order valence-electron chi connectivity index (χ3n) is 4.83. The number of benzene rings is 1. The van der Waals surface area contributed by atoms with Crippen LogP contribution in [0.1, 0.15) is 36.2 Å². The fourth-order valence-electron chi connectivity index (χ4n) is 3.53. The summed E-state index contributed by atoms with van der Waals surface area (Å²) in [4.78, 5) is 26.9. The number of hydrogen-bond acceptors (Lipinski definition) is 4. The summed E-state index contributed by atoms with van der Waals surface area (Å²) in [6.45, 7) is 3.81. The van der Waals surface area contributed by atoms with Gasteiger partial charge in [0, 0.05) is 30.9 Å². The minimum absolute atomic E-state index is 0.0618. The molecule has 7 nitrogen and oxygen atoms in total. The van der Waals surface area contributed by atoms with E-state index in [9.17, 15) is 9.59 Å². The summed E-state index contributed by atoms with van der Waals surface area (Å²) in [6, 6.07) is 4.98. The zero-order valence-corrected chi connectivity index (χ0v) is 15.1. The number of amides is 1. The monoisotopic (exact) mass is 374 g/mol. The van der Waals surface area contributed by atoms with Gasteiger partial charge in [0.15, 0.2) is 5.58 Å². The number of likely N-dealkylation sites (tertiary alicyclic amines) is 1. The van der Waals surface area contributed by atoms with Crippen molar-refractivity contribution in [1.82, 2.24) is 19.2 Å². The third kappa shape index (κ3) is 2.92. The van der Waals surface area contributed by atoms with Gasteiger partial charge in [-0.25, -0.2) is 4.79 Å². The summed E-state index contributed by atoms with van der Waals surface area (Å²) < 4.78 is 8.69. The summed E-state index contributed by atoms with van der Waals surface area (Å²) in [6.07, 6.45) is 4.97. The second kappa shape index (κ2) is 6.64. The third-order valence-corrected chi connectivity index (χ3v) is 5.06. The van der Waals surface area contributed by atoms with Crippen molar-refractivity contribution in [1.29, 1.82) is 0 Å². The Morgan fingerprint density at radius 1 is 1.42 bits per heavy atom. The van der Waals surface area contributed by atoms with Crippen LogP contribution in [0.3, 0.4) is 0 Å². The fourth-order valence-corrected chi connectivity index (χ4v) is 3.70. The van der Waals surface area contributed by atoms with E-state index in [0.717, 1.165) is 12.8 Å². The lowest BCUT2D eigenvalue weighted by Crippen LogP contribution is -2.42. The van der Waals surface area contributed by atoms with Gasteiger partial charge in [0.05, 0.1) is 23.3 Å². The molecule has 0 radical (unpaired) electrons. The highest BCUT2D eigenvalue weighted by Crippen LogP contribution is 2.27. The number of hydrogen-bond donors (Lipinski definition) is 0. The number of aromatic nitrogens is 3. The molecule has 3 aromatic rings. The van der Waals surface area contributed by atoms with E-state index < -0.39 is 5.76 Å². The Labute approximate surface area is 154 Å². The molecule has 0 N–H and O–H groups in total. The maximum absolute atomic E-state index is 12.8. The minimum Gasteiger partial charge on any atom is -0.408 e.